The Morgan fingerprint density at radius 2 is 1.05 bits per heavy atom. The molecule has 0 N–H and O–H groups in total. The van der Waals surface area contributed by atoms with Gasteiger partial charge in [0.15, 0.2) is 0 Å². The molecule has 0 amide bonds. The number of aliphatic imine (C=N–C) groups is 2. The van der Waals surface area contributed by atoms with Crippen LogP contribution in [0, 0.1) is 23.7 Å². The summed E-state index contributed by atoms with van der Waals surface area (Å²) in [6, 6.07) is 16.5. The second-order valence-corrected chi connectivity index (χ2v) is 9.99. The molecule has 0 saturated heterocycles. The number of unbranched alkanes of at least 4 members (excludes halogenated alkanes) is 11. The van der Waals surface area contributed by atoms with Crippen molar-refractivity contribution in [2.45, 2.75) is 117 Å². The van der Waals surface area contributed by atoms with E-state index in [1.54, 1.807) is 0 Å². The maximum absolute atomic E-state index is 4.93. The Morgan fingerprint density at radius 3 is 1.54 bits per heavy atom. The Balaban J connectivity index is 0.00000760. The van der Waals surface area contributed by atoms with Crippen LogP contribution < -0.4 is 0 Å². The Kier molecular flexibility index (Phi) is 20.6. The monoisotopic (exact) mass is 566 g/mol. The van der Waals surface area contributed by atoms with Crippen LogP contribution >= 0.6 is 0 Å². The summed E-state index contributed by atoms with van der Waals surface area (Å²) >= 11 is 0. The molecule has 0 aliphatic heterocycles. The van der Waals surface area contributed by atoms with Crippen LogP contribution in [0.25, 0.3) is 0 Å². The number of rotatable bonds is 16. The zero-order valence-corrected chi connectivity index (χ0v) is 25.5. The Bertz CT molecular complexity index is 1070. The van der Waals surface area contributed by atoms with Crippen molar-refractivity contribution in [2.24, 2.45) is 9.98 Å². The summed E-state index contributed by atoms with van der Waals surface area (Å²) in [4.78, 5) is 9.66. The average Bonchev–Trinajstić information content (AvgIpc) is 2.95. The van der Waals surface area contributed by atoms with E-state index in [1.807, 2.05) is 18.3 Å². The van der Waals surface area contributed by atoms with Gasteiger partial charge < -0.3 is 0 Å². The van der Waals surface area contributed by atoms with Gasteiger partial charge >= 0.3 is 0 Å². The van der Waals surface area contributed by atoms with Gasteiger partial charge in [0, 0.05) is 46.7 Å². The van der Waals surface area contributed by atoms with E-state index < -0.39 is 0 Å². The Labute approximate surface area is 249 Å². The largest absolute Gasteiger partial charge is 0.255 e. The van der Waals surface area contributed by atoms with Gasteiger partial charge in [-0.25, -0.2) is 0 Å². The summed E-state index contributed by atoms with van der Waals surface area (Å²) in [5.41, 5.74) is 5.02. The van der Waals surface area contributed by atoms with Crippen molar-refractivity contribution in [3.05, 3.63) is 59.7 Å². The second kappa shape index (κ2) is 23.3. The van der Waals surface area contributed by atoms with Gasteiger partial charge in [-0.2, -0.15) is 0 Å². The smallest absolute Gasteiger partial charge is 0.0634 e. The summed E-state index contributed by atoms with van der Waals surface area (Å²) in [6.45, 7) is 6.72. The molecule has 0 heterocycles. The molecule has 0 fully saturated rings. The molecule has 0 bridgehead atoms. The van der Waals surface area contributed by atoms with E-state index >= 15 is 0 Å². The van der Waals surface area contributed by atoms with E-state index in [1.165, 1.54) is 70.6 Å². The molecular weight excluding hydrogens is 519 g/mol. The van der Waals surface area contributed by atoms with Crippen molar-refractivity contribution in [3.63, 3.8) is 0 Å². The van der Waals surface area contributed by atoms with Crippen LogP contribution in [0.4, 0.5) is 11.4 Å². The van der Waals surface area contributed by atoms with Gasteiger partial charge in [0.2, 0.25) is 0 Å². The third kappa shape index (κ3) is 16.9. The molecule has 0 spiro atoms. The maximum Gasteiger partial charge on any atom is 0.0634 e. The third-order valence-electron chi connectivity index (χ3n) is 6.43. The molecule has 2 aromatic carbocycles. The zero-order chi connectivity index (χ0) is 27.1. The molecule has 2 nitrogen and oxygen atoms in total. The number of hydrogen-bond donors (Lipinski definition) is 0. The Hall–Kier alpha value is -2.61. The van der Waals surface area contributed by atoms with Gasteiger partial charge in [-0.15, -0.1) is 0 Å². The van der Waals surface area contributed by atoms with Crippen LogP contribution in [0.2, 0.25) is 0 Å². The third-order valence-corrected chi connectivity index (χ3v) is 6.43. The first kappa shape index (κ1) is 34.4. The molecule has 0 radical (unpaired) electrons. The predicted octanol–water partition coefficient (Wildman–Crippen LogP) is 10.8. The molecule has 2 aromatic rings. The molecule has 2 rings (SSSR count). The van der Waals surface area contributed by atoms with Crippen LogP contribution in [0.15, 0.2) is 58.5 Å². The fraction of sp³-hybridized carbons (Fsp3) is 0.500. The van der Waals surface area contributed by atoms with Gasteiger partial charge in [0.05, 0.1) is 17.1 Å². The van der Waals surface area contributed by atoms with E-state index in [9.17, 15) is 0 Å². The van der Waals surface area contributed by atoms with Gasteiger partial charge in [-0.05, 0) is 74.2 Å². The summed E-state index contributed by atoms with van der Waals surface area (Å²) in [5, 5.41) is 0. The standard InChI is InChI=1S/C36H48N2.Ni/c1-4-7-10-13-15-17-20-32-23-27-34(28-24-32)37-31-36(22-19-12-9-6-3)38-35-29-25-33(26-30-35)21-18-16-14-11-8-5-2;/h23-31H,4-16,19,22H2,1-3H3;. The molecule has 212 valence electrons. The van der Waals surface area contributed by atoms with E-state index in [2.05, 4.69) is 80.9 Å². The van der Waals surface area contributed by atoms with Crippen molar-refractivity contribution >= 4 is 23.3 Å². The number of benzene rings is 2. The van der Waals surface area contributed by atoms with Crippen molar-refractivity contribution in [1.82, 2.24) is 0 Å². The maximum atomic E-state index is 4.93. The van der Waals surface area contributed by atoms with E-state index in [0.717, 1.165) is 53.9 Å². The number of nitrogens with zero attached hydrogens (tertiary/aromatic N) is 2. The molecule has 39 heavy (non-hydrogen) atoms. The molecule has 0 saturated carbocycles. The predicted molar refractivity (Wildman–Crippen MR) is 168 cm³/mol. The van der Waals surface area contributed by atoms with Gasteiger partial charge in [0.25, 0.3) is 0 Å². The molecule has 0 unspecified atom stereocenters. The van der Waals surface area contributed by atoms with Crippen LogP contribution in [-0.4, -0.2) is 11.9 Å². The minimum absolute atomic E-state index is 0. The molecule has 3 heteroatoms. The summed E-state index contributed by atoms with van der Waals surface area (Å²) in [6.07, 6.45) is 19.7. The van der Waals surface area contributed by atoms with Crippen molar-refractivity contribution < 1.29 is 16.5 Å². The molecule has 0 aliphatic rings. The molecule has 0 aromatic heterocycles. The summed E-state index contributed by atoms with van der Waals surface area (Å²) in [5.74, 6) is 13.2. The van der Waals surface area contributed by atoms with Crippen molar-refractivity contribution in [1.29, 1.82) is 0 Å². The van der Waals surface area contributed by atoms with Crippen LogP contribution in [0.5, 0.6) is 0 Å². The van der Waals surface area contributed by atoms with Crippen LogP contribution in [0.1, 0.15) is 128 Å². The van der Waals surface area contributed by atoms with Gasteiger partial charge in [0.1, 0.15) is 0 Å². The van der Waals surface area contributed by atoms with E-state index in [-0.39, 0.29) is 16.5 Å². The second-order valence-electron chi connectivity index (χ2n) is 9.99. The SMILES string of the molecule is CCCCCCC#Cc1ccc(N=CC(CCCCCC)=Nc2ccc(C#CCCCCCC)cc2)cc1.[Ni]. The number of hydrogen-bond acceptors (Lipinski definition) is 2. The first-order valence-electron chi connectivity index (χ1n) is 15.0. The van der Waals surface area contributed by atoms with E-state index in [4.69, 9.17) is 9.98 Å². The minimum Gasteiger partial charge on any atom is -0.255 e. The fourth-order valence-electron chi connectivity index (χ4n) is 4.06. The normalized spacial score (nSPS) is 10.9. The topological polar surface area (TPSA) is 24.7 Å². The molecule has 0 atom stereocenters. The van der Waals surface area contributed by atoms with Gasteiger partial charge in [-0.1, -0.05) is 102 Å². The molecule has 0 aliphatic carbocycles. The van der Waals surface area contributed by atoms with Crippen molar-refractivity contribution in [2.75, 3.05) is 0 Å². The first-order chi connectivity index (χ1) is 18.7. The zero-order valence-electron chi connectivity index (χ0n) is 24.5. The average molecular weight is 567 g/mol. The quantitative estimate of drug-likeness (QED) is 0.0835. The Morgan fingerprint density at radius 1 is 0.590 bits per heavy atom. The van der Waals surface area contributed by atoms with Crippen molar-refractivity contribution in [3.8, 4) is 23.7 Å². The first-order valence-corrected chi connectivity index (χ1v) is 15.0. The minimum atomic E-state index is 0. The summed E-state index contributed by atoms with van der Waals surface area (Å²) in [7, 11) is 0. The summed E-state index contributed by atoms with van der Waals surface area (Å²) < 4.78 is 0. The van der Waals surface area contributed by atoms with Crippen LogP contribution in [-0.2, 0) is 16.5 Å². The van der Waals surface area contributed by atoms with Gasteiger partial charge in [-0.3, -0.25) is 9.98 Å². The van der Waals surface area contributed by atoms with Crippen LogP contribution in [0.3, 0.4) is 0 Å². The fourth-order valence-corrected chi connectivity index (χ4v) is 4.06. The van der Waals surface area contributed by atoms with E-state index in [0.29, 0.717) is 0 Å². The molecular formula is C36H48N2Ni.